The summed E-state index contributed by atoms with van der Waals surface area (Å²) in [5.74, 6) is 4.14. The minimum atomic E-state index is 0.527. The van der Waals surface area contributed by atoms with E-state index >= 15 is 0 Å². The summed E-state index contributed by atoms with van der Waals surface area (Å²) in [5.41, 5.74) is 1.19. The van der Waals surface area contributed by atoms with Gasteiger partial charge in [0.25, 0.3) is 0 Å². The predicted molar refractivity (Wildman–Crippen MR) is 80.6 cm³/mol. The first-order valence-corrected chi connectivity index (χ1v) is 8.28. The first-order chi connectivity index (χ1) is 8.28. The summed E-state index contributed by atoms with van der Waals surface area (Å²) in [6.45, 7) is 14.7. The summed E-state index contributed by atoms with van der Waals surface area (Å²) in [6, 6.07) is 0. The minimum absolute atomic E-state index is 0.527. The van der Waals surface area contributed by atoms with Crippen LogP contribution in [-0.4, -0.2) is 0 Å². The number of rotatable bonds is 5. The van der Waals surface area contributed by atoms with E-state index in [0.29, 0.717) is 10.8 Å². The molecule has 2 rings (SSSR count). The third-order valence-corrected chi connectivity index (χ3v) is 6.26. The predicted octanol–water partition coefficient (Wildman–Crippen LogP) is 5.91. The molecule has 0 nitrogen and oxygen atoms in total. The van der Waals surface area contributed by atoms with Gasteiger partial charge < -0.3 is 0 Å². The fourth-order valence-electron chi connectivity index (χ4n) is 4.44. The van der Waals surface area contributed by atoms with Crippen molar-refractivity contribution in [2.24, 2.45) is 34.5 Å². The molecule has 2 aliphatic rings. The molecular weight excluding hydrogens is 216 g/mol. The van der Waals surface area contributed by atoms with E-state index in [2.05, 4.69) is 41.5 Å². The average molecular weight is 250 g/mol. The normalized spacial score (nSPS) is 39.0. The van der Waals surface area contributed by atoms with E-state index in [9.17, 15) is 0 Å². The SMILES string of the molecule is CCC(C)(C1CCC1C)C1CC1CCC(C)(C)C. The smallest absolute Gasteiger partial charge is 0.0267 e. The molecule has 0 bridgehead atoms. The van der Waals surface area contributed by atoms with Crippen molar-refractivity contribution in [1.82, 2.24) is 0 Å². The first kappa shape index (κ1) is 14.4. The molecule has 0 heteroatoms. The summed E-state index contributed by atoms with van der Waals surface area (Å²) in [5, 5.41) is 0. The van der Waals surface area contributed by atoms with Crippen molar-refractivity contribution in [3.05, 3.63) is 0 Å². The fourth-order valence-corrected chi connectivity index (χ4v) is 4.44. The van der Waals surface area contributed by atoms with Crippen molar-refractivity contribution in [3.63, 3.8) is 0 Å². The molecule has 18 heavy (non-hydrogen) atoms. The summed E-state index contributed by atoms with van der Waals surface area (Å²) in [6.07, 6.45) is 8.81. The van der Waals surface area contributed by atoms with Gasteiger partial charge in [-0.3, -0.25) is 0 Å². The van der Waals surface area contributed by atoms with Crippen molar-refractivity contribution >= 4 is 0 Å². The van der Waals surface area contributed by atoms with Crippen molar-refractivity contribution in [2.75, 3.05) is 0 Å². The van der Waals surface area contributed by atoms with Gasteiger partial charge >= 0.3 is 0 Å². The van der Waals surface area contributed by atoms with Gasteiger partial charge in [0.1, 0.15) is 0 Å². The van der Waals surface area contributed by atoms with Gasteiger partial charge in [-0.1, -0.05) is 54.4 Å². The molecule has 0 heterocycles. The van der Waals surface area contributed by atoms with Gasteiger partial charge in [0.2, 0.25) is 0 Å². The average Bonchev–Trinajstić information content (AvgIpc) is 3.03. The zero-order chi connectivity index (χ0) is 13.6. The van der Waals surface area contributed by atoms with Crippen molar-refractivity contribution in [3.8, 4) is 0 Å². The maximum atomic E-state index is 2.61. The van der Waals surface area contributed by atoms with Gasteiger partial charge in [-0.15, -0.1) is 0 Å². The zero-order valence-corrected chi connectivity index (χ0v) is 13.6. The van der Waals surface area contributed by atoms with Crippen LogP contribution in [0.15, 0.2) is 0 Å². The van der Waals surface area contributed by atoms with Gasteiger partial charge in [0.05, 0.1) is 0 Å². The lowest BCUT2D eigenvalue weighted by molar-refractivity contribution is 0.0132. The van der Waals surface area contributed by atoms with E-state index in [0.717, 1.165) is 23.7 Å². The molecule has 5 unspecified atom stereocenters. The van der Waals surface area contributed by atoms with Gasteiger partial charge in [-0.2, -0.15) is 0 Å². The Morgan fingerprint density at radius 3 is 2.06 bits per heavy atom. The Labute approximate surface area is 115 Å². The highest BCUT2D eigenvalue weighted by atomic mass is 14.6. The van der Waals surface area contributed by atoms with Crippen LogP contribution < -0.4 is 0 Å². The highest BCUT2D eigenvalue weighted by Gasteiger charge is 2.54. The van der Waals surface area contributed by atoms with Crippen molar-refractivity contribution in [2.45, 2.75) is 80.1 Å². The molecule has 0 aromatic heterocycles. The zero-order valence-electron chi connectivity index (χ0n) is 13.6. The van der Waals surface area contributed by atoms with E-state index in [1.165, 1.54) is 38.5 Å². The van der Waals surface area contributed by atoms with Crippen molar-refractivity contribution in [1.29, 1.82) is 0 Å². The summed E-state index contributed by atoms with van der Waals surface area (Å²) in [7, 11) is 0. The molecule has 0 N–H and O–H groups in total. The van der Waals surface area contributed by atoms with Gasteiger partial charge in [-0.05, 0) is 60.2 Å². The topological polar surface area (TPSA) is 0 Å². The highest BCUT2D eigenvalue weighted by Crippen LogP contribution is 2.62. The molecule has 0 aliphatic heterocycles. The van der Waals surface area contributed by atoms with E-state index in [1.807, 2.05) is 0 Å². The van der Waals surface area contributed by atoms with Gasteiger partial charge in [-0.25, -0.2) is 0 Å². The maximum absolute atomic E-state index is 2.61. The fraction of sp³-hybridized carbons (Fsp3) is 1.00. The molecule has 0 radical (unpaired) electrons. The highest BCUT2D eigenvalue weighted by molar-refractivity contribution is 5.03. The molecular formula is C18H34. The summed E-state index contributed by atoms with van der Waals surface area (Å²) in [4.78, 5) is 0. The molecule has 0 saturated heterocycles. The van der Waals surface area contributed by atoms with Crippen LogP contribution >= 0.6 is 0 Å². The van der Waals surface area contributed by atoms with Crippen LogP contribution in [0.4, 0.5) is 0 Å². The monoisotopic (exact) mass is 250 g/mol. The Morgan fingerprint density at radius 1 is 1.00 bits per heavy atom. The Morgan fingerprint density at radius 2 is 1.67 bits per heavy atom. The van der Waals surface area contributed by atoms with Crippen LogP contribution in [0.25, 0.3) is 0 Å². The molecule has 0 aromatic carbocycles. The lowest BCUT2D eigenvalue weighted by Gasteiger charge is -2.48. The Bertz CT molecular complexity index is 285. The summed E-state index contributed by atoms with van der Waals surface area (Å²) < 4.78 is 0. The van der Waals surface area contributed by atoms with Crippen LogP contribution in [0.2, 0.25) is 0 Å². The van der Waals surface area contributed by atoms with Crippen LogP contribution in [0.1, 0.15) is 80.1 Å². The molecule has 2 fully saturated rings. The molecule has 2 saturated carbocycles. The lowest BCUT2D eigenvalue weighted by Crippen LogP contribution is -2.40. The second kappa shape index (κ2) is 4.84. The van der Waals surface area contributed by atoms with Crippen LogP contribution in [0, 0.1) is 34.5 Å². The number of hydrogen-bond donors (Lipinski definition) is 0. The van der Waals surface area contributed by atoms with E-state index in [-0.39, 0.29) is 0 Å². The quantitative estimate of drug-likeness (QED) is 0.569. The Hall–Kier alpha value is 0. The lowest BCUT2D eigenvalue weighted by atomic mass is 9.57. The molecule has 0 aromatic rings. The van der Waals surface area contributed by atoms with E-state index in [4.69, 9.17) is 0 Å². The minimum Gasteiger partial charge on any atom is -0.0648 e. The largest absolute Gasteiger partial charge is 0.0648 e. The second-order valence-electron chi connectivity index (χ2n) is 8.72. The van der Waals surface area contributed by atoms with Crippen LogP contribution in [0.3, 0.4) is 0 Å². The third kappa shape index (κ3) is 2.78. The second-order valence-corrected chi connectivity index (χ2v) is 8.72. The maximum Gasteiger partial charge on any atom is -0.0267 e. The van der Waals surface area contributed by atoms with Crippen molar-refractivity contribution < 1.29 is 0 Å². The summed E-state index contributed by atoms with van der Waals surface area (Å²) >= 11 is 0. The Kier molecular flexibility index (Phi) is 3.87. The van der Waals surface area contributed by atoms with Crippen LogP contribution in [-0.2, 0) is 0 Å². The number of hydrogen-bond acceptors (Lipinski definition) is 0. The van der Waals surface area contributed by atoms with Gasteiger partial charge in [0.15, 0.2) is 0 Å². The third-order valence-electron chi connectivity index (χ3n) is 6.26. The standard InChI is InChI=1S/C18H34/c1-7-18(6,15-9-8-13(15)2)16-12-14(16)10-11-17(3,4)5/h13-16H,7-12H2,1-6H3. The van der Waals surface area contributed by atoms with Crippen LogP contribution in [0.5, 0.6) is 0 Å². The van der Waals surface area contributed by atoms with Gasteiger partial charge in [0, 0.05) is 0 Å². The first-order valence-electron chi connectivity index (χ1n) is 8.28. The molecule has 106 valence electrons. The Balaban J connectivity index is 1.88. The molecule has 0 spiro atoms. The molecule has 5 atom stereocenters. The molecule has 0 amide bonds. The van der Waals surface area contributed by atoms with E-state index in [1.54, 1.807) is 0 Å². The van der Waals surface area contributed by atoms with E-state index < -0.39 is 0 Å². The molecule has 2 aliphatic carbocycles.